The van der Waals surface area contributed by atoms with Crippen molar-refractivity contribution >= 4 is 46.2 Å². The highest BCUT2D eigenvalue weighted by Crippen LogP contribution is 2.23. The second-order valence-electron chi connectivity index (χ2n) is 6.24. The molecule has 26 heavy (non-hydrogen) atoms. The number of ether oxygens (including phenoxy) is 1. The summed E-state index contributed by atoms with van der Waals surface area (Å²) in [6, 6.07) is 11.0. The summed E-state index contributed by atoms with van der Waals surface area (Å²) in [6.45, 7) is 3.70. The normalized spacial score (nSPS) is 15.4. The summed E-state index contributed by atoms with van der Waals surface area (Å²) in [6.07, 6.45) is 2.83. The zero-order chi connectivity index (χ0) is 18.5. The minimum absolute atomic E-state index is 0.369. The second-order valence-corrected chi connectivity index (χ2v) is 7.95. The number of hydrogen-bond acceptors (Lipinski definition) is 5. The molecule has 1 N–H and O–H groups in total. The Kier molecular flexibility index (Phi) is 6.16. The van der Waals surface area contributed by atoms with E-state index in [0.717, 1.165) is 30.1 Å². The number of carbonyl (C=O) groups is 2. The van der Waals surface area contributed by atoms with E-state index in [2.05, 4.69) is 10.2 Å². The number of amides is 1. The summed E-state index contributed by atoms with van der Waals surface area (Å²) >= 11 is 6.93. The zero-order valence-electron chi connectivity index (χ0n) is 14.5. The van der Waals surface area contributed by atoms with Crippen molar-refractivity contribution in [1.29, 1.82) is 0 Å². The Balaban J connectivity index is 1.54. The van der Waals surface area contributed by atoms with Crippen molar-refractivity contribution < 1.29 is 14.3 Å². The van der Waals surface area contributed by atoms with Gasteiger partial charge in [-0.2, -0.15) is 0 Å². The quantitative estimate of drug-likeness (QED) is 0.757. The van der Waals surface area contributed by atoms with Crippen LogP contribution >= 0.6 is 22.9 Å². The van der Waals surface area contributed by atoms with Gasteiger partial charge in [-0.1, -0.05) is 11.6 Å². The van der Waals surface area contributed by atoms with Crippen LogP contribution in [0.1, 0.15) is 35.9 Å². The molecular formula is C19H21ClN2O3S. The van der Waals surface area contributed by atoms with E-state index >= 15 is 0 Å². The van der Waals surface area contributed by atoms with Crippen molar-refractivity contribution in [2.75, 3.05) is 23.3 Å². The molecule has 7 heteroatoms. The van der Waals surface area contributed by atoms with Gasteiger partial charge in [0.1, 0.15) is 4.88 Å². The lowest BCUT2D eigenvalue weighted by Gasteiger charge is -2.28. The minimum Gasteiger partial charge on any atom is -0.448 e. The van der Waals surface area contributed by atoms with Crippen molar-refractivity contribution in [3.63, 3.8) is 0 Å². The monoisotopic (exact) mass is 392 g/mol. The molecule has 0 unspecified atom stereocenters. The first-order valence-corrected chi connectivity index (χ1v) is 9.84. The van der Waals surface area contributed by atoms with Crippen LogP contribution in [-0.2, 0) is 9.53 Å². The lowest BCUT2D eigenvalue weighted by atomic mass is 10.1. The highest BCUT2D eigenvalue weighted by atomic mass is 35.5. The molecule has 1 aromatic carbocycles. The first-order valence-electron chi connectivity index (χ1n) is 8.65. The summed E-state index contributed by atoms with van der Waals surface area (Å²) in [5.41, 5.74) is 1.84. The van der Waals surface area contributed by atoms with Crippen molar-refractivity contribution in [3.05, 3.63) is 45.6 Å². The van der Waals surface area contributed by atoms with E-state index in [-0.39, 0.29) is 5.91 Å². The van der Waals surface area contributed by atoms with Crippen LogP contribution in [0.5, 0.6) is 0 Å². The van der Waals surface area contributed by atoms with E-state index in [1.165, 1.54) is 19.3 Å². The average Bonchev–Trinajstić information content (AvgIpc) is 3.09. The summed E-state index contributed by atoms with van der Waals surface area (Å²) in [5.74, 6) is -0.920. The lowest BCUT2D eigenvalue weighted by molar-refractivity contribution is -0.123. The van der Waals surface area contributed by atoms with Crippen molar-refractivity contribution in [1.82, 2.24) is 0 Å². The molecule has 0 bridgehead atoms. The number of nitrogens with zero attached hydrogens (tertiary/aromatic N) is 1. The minimum atomic E-state index is -0.898. The van der Waals surface area contributed by atoms with E-state index < -0.39 is 12.1 Å². The number of hydrogen-bond donors (Lipinski definition) is 1. The van der Waals surface area contributed by atoms with Crippen LogP contribution in [-0.4, -0.2) is 31.1 Å². The Hall–Kier alpha value is -2.05. The third-order valence-corrected chi connectivity index (χ3v) is 5.49. The van der Waals surface area contributed by atoms with Crippen molar-refractivity contribution in [3.8, 4) is 0 Å². The standard InChI is InChI=1S/C19H21ClN2O3S/c1-13(25-19(24)16-9-10-17(20)26-16)18(23)21-14-5-7-15(8-6-14)22-11-3-2-4-12-22/h5-10,13H,2-4,11-12H2,1H3,(H,21,23)/t13-/m1/s1. The molecule has 1 saturated heterocycles. The van der Waals surface area contributed by atoms with Gasteiger partial charge in [0.05, 0.1) is 4.34 Å². The number of benzene rings is 1. The molecule has 0 radical (unpaired) electrons. The number of carbonyl (C=O) groups excluding carboxylic acids is 2. The molecule has 0 aliphatic carbocycles. The van der Waals surface area contributed by atoms with E-state index in [1.807, 2.05) is 24.3 Å². The number of halogens is 1. The number of esters is 1. The van der Waals surface area contributed by atoms with Gasteiger partial charge in [0.25, 0.3) is 5.91 Å². The van der Waals surface area contributed by atoms with E-state index in [4.69, 9.17) is 16.3 Å². The predicted molar refractivity (Wildman–Crippen MR) is 105 cm³/mol. The number of anilines is 2. The third kappa shape index (κ3) is 4.77. The van der Waals surface area contributed by atoms with Gasteiger partial charge in [-0.25, -0.2) is 4.79 Å². The predicted octanol–water partition coefficient (Wildman–Crippen LogP) is 4.58. The topological polar surface area (TPSA) is 58.6 Å². The number of piperidine rings is 1. The average molecular weight is 393 g/mol. The molecule has 0 spiro atoms. The van der Waals surface area contributed by atoms with Gasteiger partial charge in [0.15, 0.2) is 6.10 Å². The van der Waals surface area contributed by atoms with Gasteiger partial charge < -0.3 is 15.0 Å². The van der Waals surface area contributed by atoms with Gasteiger partial charge in [-0.3, -0.25) is 4.79 Å². The largest absolute Gasteiger partial charge is 0.448 e. The number of thiophene rings is 1. The summed E-state index contributed by atoms with van der Waals surface area (Å²) < 4.78 is 5.70. The van der Waals surface area contributed by atoms with Crippen molar-refractivity contribution in [2.24, 2.45) is 0 Å². The highest BCUT2D eigenvalue weighted by Gasteiger charge is 2.20. The second kappa shape index (κ2) is 8.56. The van der Waals surface area contributed by atoms with Crippen LogP contribution in [0.25, 0.3) is 0 Å². The molecule has 3 rings (SSSR count). The fourth-order valence-corrected chi connectivity index (χ4v) is 3.77. The maximum absolute atomic E-state index is 12.2. The molecule has 1 atom stereocenters. The van der Waals surface area contributed by atoms with Gasteiger partial charge >= 0.3 is 5.97 Å². The molecule has 0 saturated carbocycles. The van der Waals surface area contributed by atoms with Crippen LogP contribution in [0.3, 0.4) is 0 Å². The Morgan fingerprint density at radius 2 is 1.81 bits per heavy atom. The molecule has 138 valence electrons. The SMILES string of the molecule is C[C@@H](OC(=O)c1ccc(Cl)s1)C(=O)Nc1ccc(N2CCCCC2)cc1. The number of rotatable bonds is 5. The molecule has 2 heterocycles. The fourth-order valence-electron chi connectivity index (χ4n) is 2.85. The maximum Gasteiger partial charge on any atom is 0.349 e. The molecule has 1 aliphatic rings. The first kappa shape index (κ1) is 18.7. The Morgan fingerprint density at radius 1 is 1.12 bits per heavy atom. The van der Waals surface area contributed by atoms with Crippen LogP contribution in [0.2, 0.25) is 4.34 Å². The lowest BCUT2D eigenvalue weighted by Crippen LogP contribution is -2.30. The molecule has 1 aliphatic heterocycles. The molecule has 5 nitrogen and oxygen atoms in total. The van der Waals surface area contributed by atoms with Gasteiger partial charge in [-0.15, -0.1) is 11.3 Å². The maximum atomic E-state index is 12.2. The molecule has 1 aromatic heterocycles. The molecule has 2 aromatic rings. The van der Waals surface area contributed by atoms with Crippen LogP contribution in [0.4, 0.5) is 11.4 Å². The highest BCUT2D eigenvalue weighted by molar-refractivity contribution is 7.17. The summed E-state index contributed by atoms with van der Waals surface area (Å²) in [5, 5.41) is 2.78. The van der Waals surface area contributed by atoms with Crippen LogP contribution in [0, 0.1) is 0 Å². The van der Waals surface area contributed by atoms with Gasteiger partial charge in [0.2, 0.25) is 0 Å². The van der Waals surface area contributed by atoms with E-state index in [1.54, 1.807) is 19.1 Å². The zero-order valence-corrected chi connectivity index (χ0v) is 16.1. The fraction of sp³-hybridized carbons (Fsp3) is 0.368. The Labute approximate surface area is 161 Å². The van der Waals surface area contributed by atoms with Crippen LogP contribution in [0.15, 0.2) is 36.4 Å². The van der Waals surface area contributed by atoms with E-state index in [0.29, 0.717) is 14.9 Å². The number of nitrogens with one attached hydrogen (secondary N) is 1. The Bertz CT molecular complexity index is 769. The third-order valence-electron chi connectivity index (χ3n) is 4.28. The summed E-state index contributed by atoms with van der Waals surface area (Å²) in [7, 11) is 0. The van der Waals surface area contributed by atoms with Crippen LogP contribution < -0.4 is 10.2 Å². The van der Waals surface area contributed by atoms with Crippen molar-refractivity contribution in [2.45, 2.75) is 32.3 Å². The summed E-state index contributed by atoms with van der Waals surface area (Å²) in [4.78, 5) is 27.0. The molecule has 1 amide bonds. The van der Waals surface area contributed by atoms with Gasteiger partial charge in [-0.05, 0) is 62.6 Å². The van der Waals surface area contributed by atoms with E-state index in [9.17, 15) is 9.59 Å². The molecular weight excluding hydrogens is 372 g/mol. The smallest absolute Gasteiger partial charge is 0.349 e. The molecule has 1 fully saturated rings. The first-order chi connectivity index (χ1) is 12.5. The van der Waals surface area contributed by atoms with Gasteiger partial charge in [0, 0.05) is 24.5 Å². The Morgan fingerprint density at radius 3 is 2.42 bits per heavy atom.